The highest BCUT2D eigenvalue weighted by Gasteiger charge is 2.24. The number of nitrogens with zero attached hydrogens (tertiary/aromatic N) is 1. The van der Waals surface area contributed by atoms with Crippen LogP contribution in [0.4, 0.5) is 0 Å². The third-order valence-corrected chi connectivity index (χ3v) is 2.70. The third-order valence-electron chi connectivity index (χ3n) is 2.23. The molecule has 0 saturated heterocycles. The van der Waals surface area contributed by atoms with Crippen LogP contribution in [-0.2, 0) is 9.09 Å². The smallest absolute Gasteiger partial charge is 0.265 e. The zero-order valence-electron chi connectivity index (χ0n) is 9.55. The molecule has 0 bridgehead atoms. The van der Waals surface area contributed by atoms with Crippen molar-refractivity contribution in [1.82, 2.24) is 0 Å². The van der Waals surface area contributed by atoms with Crippen LogP contribution in [0.1, 0.15) is 12.8 Å². The Morgan fingerprint density at radius 3 is 2.47 bits per heavy atom. The maximum absolute atomic E-state index is 10.5. The normalized spacial score (nSPS) is 18.2. The Bertz CT molecular complexity index is 243. The number of quaternary nitrogens is 1. The molecular formula is C9H20NO4P. The molecule has 0 heterocycles. The van der Waals surface area contributed by atoms with Crippen molar-refractivity contribution >= 4 is 7.82 Å². The topological polar surface area (TPSA) is 69.6 Å². The van der Waals surface area contributed by atoms with Gasteiger partial charge in [0, 0.05) is 6.42 Å². The second kappa shape index (κ2) is 5.77. The highest BCUT2D eigenvalue weighted by molar-refractivity contribution is 7.44. The summed E-state index contributed by atoms with van der Waals surface area (Å²) in [6, 6.07) is 0.0115. The van der Waals surface area contributed by atoms with Gasteiger partial charge in [-0.3, -0.25) is 4.57 Å². The lowest BCUT2D eigenvalue weighted by molar-refractivity contribution is -0.896. The molecule has 6 heteroatoms. The fourth-order valence-electron chi connectivity index (χ4n) is 1.18. The van der Waals surface area contributed by atoms with E-state index in [-0.39, 0.29) is 12.6 Å². The molecule has 5 nitrogen and oxygen atoms in total. The standard InChI is InChI=1S/C9H20NO4P/c1-5-6-7-9(10(2,3)4)8-14-15(11,12)13/h5,9H,1,6-8H2,2-4H3,(H-,11,12,13). The first kappa shape index (κ1) is 14.8. The lowest BCUT2D eigenvalue weighted by Crippen LogP contribution is -2.47. The van der Waals surface area contributed by atoms with Gasteiger partial charge in [0.25, 0.3) is 7.82 Å². The first-order valence-corrected chi connectivity index (χ1v) is 6.26. The molecule has 2 unspecified atom stereocenters. The van der Waals surface area contributed by atoms with Crippen molar-refractivity contribution in [2.24, 2.45) is 0 Å². The van der Waals surface area contributed by atoms with Gasteiger partial charge in [0.05, 0.1) is 21.1 Å². The van der Waals surface area contributed by atoms with E-state index < -0.39 is 7.82 Å². The van der Waals surface area contributed by atoms with E-state index in [4.69, 9.17) is 4.89 Å². The molecule has 0 amide bonds. The third kappa shape index (κ3) is 7.71. The molecule has 1 N–H and O–H groups in total. The summed E-state index contributed by atoms with van der Waals surface area (Å²) in [6.07, 6.45) is 3.34. The molecule has 0 aromatic heterocycles. The van der Waals surface area contributed by atoms with Gasteiger partial charge in [0.15, 0.2) is 0 Å². The summed E-state index contributed by atoms with van der Waals surface area (Å²) in [5.41, 5.74) is 0. The molecule has 0 rings (SSSR count). The van der Waals surface area contributed by atoms with Crippen LogP contribution in [0.5, 0.6) is 0 Å². The molecule has 90 valence electrons. The van der Waals surface area contributed by atoms with Crippen LogP contribution in [0, 0.1) is 0 Å². The Morgan fingerprint density at radius 2 is 2.13 bits per heavy atom. The molecule has 0 aliphatic heterocycles. The largest absolute Gasteiger partial charge is 0.756 e. The van der Waals surface area contributed by atoms with E-state index in [0.717, 1.165) is 12.8 Å². The van der Waals surface area contributed by atoms with Crippen molar-refractivity contribution < 1.29 is 23.4 Å². The van der Waals surface area contributed by atoms with Gasteiger partial charge < -0.3 is 18.8 Å². The van der Waals surface area contributed by atoms with Crippen molar-refractivity contribution in [3.8, 4) is 0 Å². The average Bonchev–Trinajstić information content (AvgIpc) is 1.99. The summed E-state index contributed by atoms with van der Waals surface area (Å²) >= 11 is 0. The van der Waals surface area contributed by atoms with Crippen LogP contribution in [0.15, 0.2) is 12.7 Å². The molecule has 0 aromatic carbocycles. The average molecular weight is 237 g/mol. The molecular weight excluding hydrogens is 217 g/mol. The number of phosphoric acid groups is 1. The van der Waals surface area contributed by atoms with Crippen LogP contribution >= 0.6 is 7.82 Å². The molecule has 0 radical (unpaired) electrons. The number of phosphoric ester groups is 1. The van der Waals surface area contributed by atoms with E-state index in [0.29, 0.717) is 4.48 Å². The molecule has 0 fully saturated rings. The zero-order valence-corrected chi connectivity index (χ0v) is 10.4. The number of allylic oxidation sites excluding steroid dienone is 1. The monoisotopic (exact) mass is 237 g/mol. The highest BCUT2D eigenvalue weighted by Crippen LogP contribution is 2.31. The van der Waals surface area contributed by atoms with Crippen LogP contribution in [0.2, 0.25) is 0 Å². The molecule has 0 saturated carbocycles. The van der Waals surface area contributed by atoms with Gasteiger partial charge in [-0.25, -0.2) is 0 Å². The minimum absolute atomic E-state index is 0.00534. The summed E-state index contributed by atoms with van der Waals surface area (Å²) in [5, 5.41) is 0. The van der Waals surface area contributed by atoms with Gasteiger partial charge in [0.1, 0.15) is 12.6 Å². The fraction of sp³-hybridized carbons (Fsp3) is 0.778. The Hall–Kier alpha value is -0.190. The van der Waals surface area contributed by atoms with Crippen molar-refractivity contribution in [3.63, 3.8) is 0 Å². The summed E-state index contributed by atoms with van der Waals surface area (Å²) in [6.45, 7) is 3.60. The maximum Gasteiger partial charge on any atom is 0.265 e. The van der Waals surface area contributed by atoms with Gasteiger partial charge in [-0.05, 0) is 6.42 Å². The lowest BCUT2D eigenvalue weighted by atomic mass is 10.1. The number of hydrogen-bond acceptors (Lipinski definition) is 3. The second-order valence-electron chi connectivity index (χ2n) is 4.40. The Balaban J connectivity index is 4.26. The molecule has 0 aromatic rings. The summed E-state index contributed by atoms with van der Waals surface area (Å²) < 4.78 is 15.5. The maximum atomic E-state index is 10.5. The Kier molecular flexibility index (Phi) is 5.70. The SMILES string of the molecule is C=CCCC(COP(=O)([O-])O)[N+](C)(C)C. The summed E-state index contributed by atoms with van der Waals surface area (Å²) in [7, 11) is 1.24. The first-order chi connectivity index (χ1) is 6.67. The molecule has 15 heavy (non-hydrogen) atoms. The summed E-state index contributed by atoms with van der Waals surface area (Å²) in [5.74, 6) is 0. The number of hydrogen-bond donors (Lipinski definition) is 1. The van der Waals surface area contributed by atoms with Gasteiger partial charge in [-0.2, -0.15) is 0 Å². The predicted octanol–water partition coefficient (Wildman–Crippen LogP) is 0.505. The van der Waals surface area contributed by atoms with E-state index in [1.54, 1.807) is 6.08 Å². The van der Waals surface area contributed by atoms with Crippen molar-refractivity contribution in [3.05, 3.63) is 12.7 Å². The van der Waals surface area contributed by atoms with Crippen LogP contribution in [-0.4, -0.2) is 43.2 Å². The molecule has 0 spiro atoms. The summed E-state index contributed by atoms with van der Waals surface area (Å²) in [4.78, 5) is 19.0. The van der Waals surface area contributed by atoms with Crippen LogP contribution in [0.3, 0.4) is 0 Å². The Labute approximate surface area is 91.2 Å². The first-order valence-electron chi connectivity index (χ1n) is 4.77. The van der Waals surface area contributed by atoms with E-state index in [1.807, 2.05) is 21.1 Å². The van der Waals surface area contributed by atoms with E-state index in [2.05, 4.69) is 11.1 Å². The van der Waals surface area contributed by atoms with Gasteiger partial charge >= 0.3 is 0 Å². The second-order valence-corrected chi connectivity index (χ2v) is 5.60. The molecule has 2 atom stereocenters. The van der Waals surface area contributed by atoms with E-state index in [1.165, 1.54) is 0 Å². The van der Waals surface area contributed by atoms with Crippen LogP contribution in [0.25, 0.3) is 0 Å². The van der Waals surface area contributed by atoms with E-state index >= 15 is 0 Å². The van der Waals surface area contributed by atoms with Crippen LogP contribution < -0.4 is 4.89 Å². The van der Waals surface area contributed by atoms with E-state index in [9.17, 15) is 9.46 Å². The highest BCUT2D eigenvalue weighted by atomic mass is 31.2. The Morgan fingerprint density at radius 1 is 1.60 bits per heavy atom. The number of rotatable bonds is 7. The van der Waals surface area contributed by atoms with Crippen molar-refractivity contribution in [2.45, 2.75) is 18.9 Å². The van der Waals surface area contributed by atoms with Gasteiger partial charge in [-0.1, -0.05) is 6.08 Å². The quantitative estimate of drug-likeness (QED) is 0.398. The predicted molar refractivity (Wildman–Crippen MR) is 57.0 cm³/mol. The molecule has 0 aliphatic carbocycles. The van der Waals surface area contributed by atoms with Crippen molar-refractivity contribution in [1.29, 1.82) is 0 Å². The minimum atomic E-state index is -4.61. The lowest BCUT2D eigenvalue weighted by Gasteiger charge is -2.34. The van der Waals surface area contributed by atoms with Gasteiger partial charge in [-0.15, -0.1) is 6.58 Å². The number of likely N-dealkylation sites (N-methyl/N-ethyl adjacent to an activating group) is 1. The van der Waals surface area contributed by atoms with Crippen molar-refractivity contribution in [2.75, 3.05) is 27.7 Å². The molecule has 0 aliphatic rings. The fourth-order valence-corrected chi connectivity index (χ4v) is 1.55. The zero-order chi connectivity index (χ0) is 12.1. The van der Waals surface area contributed by atoms with Gasteiger partial charge in [0.2, 0.25) is 0 Å². The minimum Gasteiger partial charge on any atom is -0.756 e.